The third kappa shape index (κ3) is 3.36. The molecule has 0 spiro atoms. The summed E-state index contributed by atoms with van der Waals surface area (Å²) in [6, 6.07) is 7.09. The molecule has 4 nitrogen and oxygen atoms in total. The topological polar surface area (TPSA) is 56.5 Å². The van der Waals surface area contributed by atoms with Gasteiger partial charge in [0, 0.05) is 11.4 Å². The number of nitrogens with one attached hydrogen (secondary N) is 1. The lowest BCUT2D eigenvalue weighted by Crippen LogP contribution is -2.41. The normalized spacial score (nSPS) is 16.2. The highest BCUT2D eigenvalue weighted by Crippen LogP contribution is 2.18. The minimum atomic E-state index is -0.117. The predicted molar refractivity (Wildman–Crippen MR) is 66.7 cm³/mol. The Balaban J connectivity index is 1.89. The summed E-state index contributed by atoms with van der Waals surface area (Å²) in [6.07, 6.45) is 2.95. The van der Waals surface area contributed by atoms with Crippen molar-refractivity contribution < 1.29 is 9.47 Å². The minimum Gasteiger partial charge on any atom is -0.496 e. The molecule has 92 valence electrons. The fourth-order valence-corrected chi connectivity index (χ4v) is 1.73. The molecule has 1 aromatic carbocycles. The van der Waals surface area contributed by atoms with Crippen molar-refractivity contribution in [3.63, 3.8) is 0 Å². The van der Waals surface area contributed by atoms with Gasteiger partial charge in [0.05, 0.1) is 6.61 Å². The number of hydrogen-bond donors (Lipinski definition) is 2. The van der Waals surface area contributed by atoms with Gasteiger partial charge in [0.1, 0.15) is 24.2 Å². The van der Waals surface area contributed by atoms with Gasteiger partial charge in [0.2, 0.25) is 0 Å². The summed E-state index contributed by atoms with van der Waals surface area (Å²) in [6.45, 7) is 1.14. The first-order valence-electron chi connectivity index (χ1n) is 5.47. The molecule has 0 saturated heterocycles. The van der Waals surface area contributed by atoms with Crippen LogP contribution in [-0.2, 0) is 4.74 Å². The van der Waals surface area contributed by atoms with Crippen molar-refractivity contribution in [2.45, 2.75) is 12.5 Å². The maximum Gasteiger partial charge on any atom is 0.119 e. The van der Waals surface area contributed by atoms with Crippen molar-refractivity contribution in [1.82, 2.24) is 5.43 Å². The van der Waals surface area contributed by atoms with E-state index in [1.54, 1.807) is 12.1 Å². The fraction of sp³-hybridized carbons (Fsp3) is 0.333. The van der Waals surface area contributed by atoms with E-state index in [0.717, 1.165) is 17.9 Å². The average molecular weight is 255 g/mol. The number of benzene rings is 1. The average Bonchev–Trinajstić information content (AvgIpc) is 2.86. The Labute approximate surface area is 105 Å². The van der Waals surface area contributed by atoms with Crippen LogP contribution in [-0.4, -0.2) is 19.3 Å². The fourth-order valence-electron chi connectivity index (χ4n) is 1.60. The Bertz CT molecular complexity index is 392. The molecule has 0 saturated carbocycles. The number of halogens is 1. The van der Waals surface area contributed by atoms with Crippen LogP contribution in [0.3, 0.4) is 0 Å². The van der Waals surface area contributed by atoms with Crippen molar-refractivity contribution >= 4 is 11.6 Å². The van der Waals surface area contributed by atoms with Gasteiger partial charge in [-0.05, 0) is 30.3 Å². The van der Waals surface area contributed by atoms with E-state index in [2.05, 4.69) is 5.43 Å². The molecular formula is C12H15ClN2O2. The largest absolute Gasteiger partial charge is 0.496 e. The Kier molecular flexibility index (Phi) is 4.25. The van der Waals surface area contributed by atoms with Crippen LogP contribution >= 0.6 is 11.6 Å². The third-order valence-corrected chi connectivity index (χ3v) is 2.76. The maximum atomic E-state index is 5.79. The summed E-state index contributed by atoms with van der Waals surface area (Å²) < 4.78 is 11.0. The van der Waals surface area contributed by atoms with Gasteiger partial charge in [-0.2, -0.15) is 0 Å². The van der Waals surface area contributed by atoms with Crippen LogP contribution in [0.4, 0.5) is 0 Å². The van der Waals surface area contributed by atoms with Crippen molar-refractivity contribution in [2.75, 3.05) is 13.2 Å². The number of rotatable bonds is 5. The standard InChI is InChI=1S/C12H15ClN2O2/c13-9-3-5-10(6-4-9)17-8-11(15-14)12-2-1-7-16-12/h2-6,11,15H,1,7-8,14H2. The van der Waals surface area contributed by atoms with E-state index in [1.807, 2.05) is 18.2 Å². The first kappa shape index (κ1) is 12.2. The van der Waals surface area contributed by atoms with Gasteiger partial charge in [-0.3, -0.25) is 5.84 Å². The Hall–Kier alpha value is -1.23. The van der Waals surface area contributed by atoms with E-state index >= 15 is 0 Å². The lowest BCUT2D eigenvalue weighted by Gasteiger charge is -2.17. The van der Waals surface area contributed by atoms with Gasteiger partial charge < -0.3 is 9.47 Å². The predicted octanol–water partition coefficient (Wildman–Crippen LogP) is 1.85. The second kappa shape index (κ2) is 5.91. The summed E-state index contributed by atoms with van der Waals surface area (Å²) in [4.78, 5) is 0. The zero-order valence-electron chi connectivity index (χ0n) is 9.36. The molecule has 17 heavy (non-hydrogen) atoms. The molecule has 1 unspecified atom stereocenters. The van der Waals surface area contributed by atoms with Crippen molar-refractivity contribution in [1.29, 1.82) is 0 Å². The highest BCUT2D eigenvalue weighted by molar-refractivity contribution is 6.30. The van der Waals surface area contributed by atoms with Crippen LogP contribution in [0.5, 0.6) is 5.75 Å². The van der Waals surface area contributed by atoms with E-state index in [4.69, 9.17) is 26.9 Å². The molecule has 5 heteroatoms. The third-order valence-electron chi connectivity index (χ3n) is 2.51. The number of hydrazine groups is 1. The second-order valence-electron chi connectivity index (χ2n) is 3.73. The Morgan fingerprint density at radius 3 is 2.76 bits per heavy atom. The Morgan fingerprint density at radius 1 is 1.41 bits per heavy atom. The quantitative estimate of drug-likeness (QED) is 0.622. The SMILES string of the molecule is NNC(COc1ccc(Cl)cc1)C1=CCCO1. The van der Waals surface area contributed by atoms with Crippen LogP contribution in [0.25, 0.3) is 0 Å². The Morgan fingerprint density at radius 2 is 2.18 bits per heavy atom. The van der Waals surface area contributed by atoms with Gasteiger partial charge in [-0.1, -0.05) is 11.6 Å². The van der Waals surface area contributed by atoms with E-state index in [-0.39, 0.29) is 6.04 Å². The zero-order valence-corrected chi connectivity index (χ0v) is 10.1. The molecule has 1 heterocycles. The van der Waals surface area contributed by atoms with Gasteiger partial charge in [0.15, 0.2) is 0 Å². The molecule has 0 aromatic heterocycles. The lowest BCUT2D eigenvalue weighted by atomic mass is 10.2. The van der Waals surface area contributed by atoms with Crippen LogP contribution in [0.15, 0.2) is 36.1 Å². The van der Waals surface area contributed by atoms with E-state index in [9.17, 15) is 0 Å². The van der Waals surface area contributed by atoms with Crippen molar-refractivity contribution in [3.8, 4) is 5.75 Å². The molecule has 0 bridgehead atoms. The van der Waals surface area contributed by atoms with Crippen LogP contribution in [0, 0.1) is 0 Å². The van der Waals surface area contributed by atoms with Gasteiger partial charge in [-0.25, -0.2) is 5.43 Å². The molecular weight excluding hydrogens is 240 g/mol. The summed E-state index contributed by atoms with van der Waals surface area (Å²) in [7, 11) is 0. The highest BCUT2D eigenvalue weighted by atomic mass is 35.5. The lowest BCUT2D eigenvalue weighted by molar-refractivity contribution is 0.184. The molecule has 3 N–H and O–H groups in total. The molecule has 0 aliphatic carbocycles. The summed E-state index contributed by atoms with van der Waals surface area (Å²) >= 11 is 5.79. The monoisotopic (exact) mass is 254 g/mol. The molecule has 2 rings (SSSR count). The summed E-state index contributed by atoms with van der Waals surface area (Å²) in [5.41, 5.74) is 2.68. The first-order chi connectivity index (χ1) is 8.29. The second-order valence-corrected chi connectivity index (χ2v) is 4.16. The molecule has 1 aliphatic heterocycles. The molecule has 0 radical (unpaired) electrons. The van der Waals surface area contributed by atoms with E-state index in [1.165, 1.54) is 0 Å². The molecule has 1 aliphatic rings. The molecule has 1 aromatic rings. The zero-order chi connectivity index (χ0) is 12.1. The van der Waals surface area contributed by atoms with Crippen LogP contribution in [0.2, 0.25) is 5.02 Å². The van der Waals surface area contributed by atoms with Gasteiger partial charge in [-0.15, -0.1) is 0 Å². The van der Waals surface area contributed by atoms with Gasteiger partial charge in [0.25, 0.3) is 0 Å². The number of nitrogens with two attached hydrogens (primary N) is 1. The van der Waals surface area contributed by atoms with E-state index in [0.29, 0.717) is 18.2 Å². The number of hydrogen-bond acceptors (Lipinski definition) is 4. The van der Waals surface area contributed by atoms with Crippen LogP contribution in [0.1, 0.15) is 6.42 Å². The molecule has 1 atom stereocenters. The van der Waals surface area contributed by atoms with Gasteiger partial charge >= 0.3 is 0 Å². The van der Waals surface area contributed by atoms with Crippen LogP contribution < -0.4 is 16.0 Å². The highest BCUT2D eigenvalue weighted by Gasteiger charge is 2.18. The number of ether oxygens (including phenoxy) is 2. The summed E-state index contributed by atoms with van der Waals surface area (Å²) in [5, 5.41) is 0.688. The maximum absolute atomic E-state index is 5.79. The minimum absolute atomic E-state index is 0.117. The summed E-state index contributed by atoms with van der Waals surface area (Å²) in [5.74, 6) is 7.08. The molecule has 0 amide bonds. The van der Waals surface area contributed by atoms with E-state index < -0.39 is 0 Å². The van der Waals surface area contributed by atoms with Crippen molar-refractivity contribution in [2.24, 2.45) is 5.84 Å². The van der Waals surface area contributed by atoms with Crippen molar-refractivity contribution in [3.05, 3.63) is 41.1 Å². The first-order valence-corrected chi connectivity index (χ1v) is 5.85. The molecule has 0 fully saturated rings. The smallest absolute Gasteiger partial charge is 0.119 e.